The third-order valence-electron chi connectivity index (χ3n) is 3.75. The number of piperidine rings is 1. The van der Waals surface area contributed by atoms with E-state index in [-0.39, 0.29) is 11.6 Å². The van der Waals surface area contributed by atoms with Gasteiger partial charge < -0.3 is 10.2 Å². The zero-order chi connectivity index (χ0) is 15.5. The molecule has 2 rings (SSSR count). The highest BCUT2D eigenvalue weighted by Crippen LogP contribution is 2.21. The molecular weight excluding hydrogens is 272 g/mol. The SMILES string of the molecule is CN1CCC(C#N)(NC(=O)c2ccc([N+](=O)[O-])cc2)CC1. The van der Waals surface area contributed by atoms with Crippen molar-refractivity contribution >= 4 is 11.6 Å². The van der Waals surface area contributed by atoms with Gasteiger partial charge in [-0.15, -0.1) is 0 Å². The van der Waals surface area contributed by atoms with Gasteiger partial charge in [-0.1, -0.05) is 0 Å². The van der Waals surface area contributed by atoms with E-state index in [1.54, 1.807) is 0 Å². The third kappa shape index (κ3) is 3.35. The number of nitriles is 1. The van der Waals surface area contributed by atoms with Crippen LogP contribution in [0.5, 0.6) is 0 Å². The van der Waals surface area contributed by atoms with E-state index in [0.717, 1.165) is 13.1 Å². The molecule has 1 aliphatic heterocycles. The van der Waals surface area contributed by atoms with E-state index < -0.39 is 10.5 Å². The summed E-state index contributed by atoms with van der Waals surface area (Å²) in [6.07, 6.45) is 1.14. The first kappa shape index (κ1) is 14.9. The Labute approximate surface area is 122 Å². The van der Waals surface area contributed by atoms with E-state index in [1.165, 1.54) is 24.3 Å². The molecule has 1 aromatic carbocycles. The minimum atomic E-state index is -0.856. The Bertz CT molecular complexity index is 583. The van der Waals surface area contributed by atoms with Gasteiger partial charge in [0.2, 0.25) is 0 Å². The summed E-state index contributed by atoms with van der Waals surface area (Å²) in [6, 6.07) is 7.55. The Hall–Kier alpha value is -2.46. The maximum Gasteiger partial charge on any atom is 0.269 e. The quantitative estimate of drug-likeness (QED) is 0.667. The van der Waals surface area contributed by atoms with Gasteiger partial charge in [-0.3, -0.25) is 14.9 Å². The standard InChI is InChI=1S/C14H16N4O3/c1-17-8-6-14(10-15,7-9-17)16-13(19)11-2-4-12(5-3-11)18(20)21/h2-5H,6-9H2,1H3,(H,16,19). The van der Waals surface area contributed by atoms with Crippen LogP contribution in [-0.4, -0.2) is 41.4 Å². The molecule has 0 unspecified atom stereocenters. The zero-order valence-electron chi connectivity index (χ0n) is 11.7. The number of carbonyl (C=O) groups is 1. The zero-order valence-corrected chi connectivity index (χ0v) is 11.7. The molecule has 0 bridgehead atoms. The molecule has 7 nitrogen and oxygen atoms in total. The number of hydrogen-bond donors (Lipinski definition) is 1. The minimum absolute atomic E-state index is 0.0687. The van der Waals surface area contributed by atoms with E-state index in [9.17, 15) is 20.2 Å². The fourth-order valence-electron chi connectivity index (χ4n) is 2.29. The number of nitrogens with one attached hydrogen (secondary N) is 1. The van der Waals surface area contributed by atoms with Crippen LogP contribution in [0.3, 0.4) is 0 Å². The van der Waals surface area contributed by atoms with Crippen molar-refractivity contribution in [2.45, 2.75) is 18.4 Å². The first-order valence-electron chi connectivity index (χ1n) is 6.62. The first-order chi connectivity index (χ1) is 9.96. The largest absolute Gasteiger partial charge is 0.334 e. The lowest BCUT2D eigenvalue weighted by atomic mass is 9.89. The van der Waals surface area contributed by atoms with E-state index in [0.29, 0.717) is 18.4 Å². The second-order valence-electron chi connectivity index (χ2n) is 5.26. The van der Waals surface area contributed by atoms with Crippen molar-refractivity contribution in [1.82, 2.24) is 10.2 Å². The fraction of sp³-hybridized carbons (Fsp3) is 0.429. The summed E-state index contributed by atoms with van der Waals surface area (Å²) >= 11 is 0. The van der Waals surface area contributed by atoms with Crippen molar-refractivity contribution < 1.29 is 9.72 Å². The molecule has 1 aromatic rings. The van der Waals surface area contributed by atoms with Crippen molar-refractivity contribution in [3.63, 3.8) is 0 Å². The van der Waals surface area contributed by atoms with Gasteiger partial charge in [-0.05, 0) is 32.0 Å². The maximum absolute atomic E-state index is 12.2. The third-order valence-corrected chi connectivity index (χ3v) is 3.75. The summed E-state index contributed by atoms with van der Waals surface area (Å²) in [4.78, 5) is 24.4. The first-order valence-corrected chi connectivity index (χ1v) is 6.62. The fourth-order valence-corrected chi connectivity index (χ4v) is 2.29. The van der Waals surface area contributed by atoms with Gasteiger partial charge in [-0.25, -0.2) is 0 Å². The average molecular weight is 288 g/mol. The lowest BCUT2D eigenvalue weighted by Gasteiger charge is -2.35. The van der Waals surface area contributed by atoms with Gasteiger partial charge in [0, 0.05) is 30.8 Å². The number of non-ortho nitro benzene ring substituents is 1. The number of likely N-dealkylation sites (tertiary alicyclic amines) is 1. The van der Waals surface area contributed by atoms with Crippen molar-refractivity contribution in [2.75, 3.05) is 20.1 Å². The smallest absolute Gasteiger partial charge is 0.269 e. The van der Waals surface area contributed by atoms with Crippen LogP contribution in [0.4, 0.5) is 5.69 Å². The summed E-state index contributed by atoms with van der Waals surface area (Å²) in [6.45, 7) is 1.49. The molecule has 0 radical (unpaired) electrons. The number of amides is 1. The van der Waals surface area contributed by atoms with E-state index in [4.69, 9.17) is 0 Å². The molecule has 7 heteroatoms. The average Bonchev–Trinajstić information content (AvgIpc) is 2.50. The predicted molar refractivity (Wildman–Crippen MR) is 75.6 cm³/mol. The molecule has 1 heterocycles. The van der Waals surface area contributed by atoms with Crippen molar-refractivity contribution in [1.29, 1.82) is 5.26 Å². The molecule has 0 aromatic heterocycles. The van der Waals surface area contributed by atoms with Gasteiger partial charge in [0.05, 0.1) is 11.0 Å². The molecule has 21 heavy (non-hydrogen) atoms. The topological polar surface area (TPSA) is 99.3 Å². The lowest BCUT2D eigenvalue weighted by molar-refractivity contribution is -0.384. The van der Waals surface area contributed by atoms with Gasteiger partial charge in [-0.2, -0.15) is 5.26 Å². The lowest BCUT2D eigenvalue weighted by Crippen LogP contribution is -2.53. The maximum atomic E-state index is 12.2. The molecule has 0 aliphatic carbocycles. The van der Waals surface area contributed by atoms with Crippen LogP contribution in [0, 0.1) is 21.4 Å². The summed E-state index contributed by atoms with van der Waals surface area (Å²) in [7, 11) is 1.97. The molecule has 1 saturated heterocycles. The Morgan fingerprint density at radius 2 is 1.95 bits per heavy atom. The Kier molecular flexibility index (Phi) is 4.19. The number of hydrogen-bond acceptors (Lipinski definition) is 5. The van der Waals surface area contributed by atoms with Crippen LogP contribution in [0.2, 0.25) is 0 Å². The second-order valence-corrected chi connectivity index (χ2v) is 5.26. The molecular formula is C14H16N4O3. The van der Waals surface area contributed by atoms with Crippen LogP contribution in [0.25, 0.3) is 0 Å². The molecule has 1 amide bonds. The highest BCUT2D eigenvalue weighted by Gasteiger charge is 2.35. The van der Waals surface area contributed by atoms with Crippen molar-refractivity contribution in [2.24, 2.45) is 0 Å². The van der Waals surface area contributed by atoms with Gasteiger partial charge >= 0.3 is 0 Å². The van der Waals surface area contributed by atoms with Crippen LogP contribution in [-0.2, 0) is 0 Å². The van der Waals surface area contributed by atoms with Crippen LogP contribution in [0.15, 0.2) is 24.3 Å². The number of rotatable bonds is 3. The van der Waals surface area contributed by atoms with E-state index in [1.807, 2.05) is 7.05 Å². The van der Waals surface area contributed by atoms with Crippen LogP contribution >= 0.6 is 0 Å². The normalized spacial score (nSPS) is 17.7. The van der Waals surface area contributed by atoms with Gasteiger partial charge in [0.15, 0.2) is 0 Å². The number of carbonyl (C=O) groups excluding carboxylic acids is 1. The number of benzene rings is 1. The Balaban J connectivity index is 2.09. The van der Waals surface area contributed by atoms with Gasteiger partial charge in [0.25, 0.3) is 11.6 Å². The second kappa shape index (κ2) is 5.89. The molecule has 110 valence electrons. The molecule has 1 N–H and O–H groups in total. The minimum Gasteiger partial charge on any atom is -0.334 e. The number of nitro groups is 1. The van der Waals surface area contributed by atoms with Crippen molar-refractivity contribution in [3.05, 3.63) is 39.9 Å². The monoisotopic (exact) mass is 288 g/mol. The Morgan fingerprint density at radius 1 is 1.38 bits per heavy atom. The highest BCUT2D eigenvalue weighted by atomic mass is 16.6. The summed E-state index contributed by atoms with van der Waals surface area (Å²) in [5.74, 6) is -0.379. The summed E-state index contributed by atoms with van der Waals surface area (Å²) in [5.41, 5.74) is -0.610. The van der Waals surface area contributed by atoms with E-state index in [2.05, 4.69) is 16.3 Å². The molecule has 0 saturated carbocycles. The summed E-state index contributed by atoms with van der Waals surface area (Å²) < 4.78 is 0. The molecule has 0 spiro atoms. The van der Waals surface area contributed by atoms with Crippen LogP contribution in [0.1, 0.15) is 23.2 Å². The van der Waals surface area contributed by atoms with Crippen molar-refractivity contribution in [3.8, 4) is 6.07 Å². The van der Waals surface area contributed by atoms with E-state index >= 15 is 0 Å². The van der Waals surface area contributed by atoms with Crippen LogP contribution < -0.4 is 5.32 Å². The highest BCUT2D eigenvalue weighted by molar-refractivity contribution is 5.95. The molecule has 1 aliphatic rings. The Morgan fingerprint density at radius 3 is 2.43 bits per heavy atom. The molecule has 0 atom stereocenters. The molecule has 1 fully saturated rings. The summed E-state index contributed by atoms with van der Waals surface area (Å²) in [5, 5.41) is 22.7. The number of nitro benzene ring substituents is 1. The van der Waals surface area contributed by atoms with Gasteiger partial charge in [0.1, 0.15) is 5.54 Å². The number of nitrogens with zero attached hydrogens (tertiary/aromatic N) is 3. The predicted octanol–water partition coefficient (Wildman–Crippen LogP) is 1.31.